The Labute approximate surface area is 153 Å². The standard InChI is InChI=1S/C19H26N4OS/c1-12-10-13(2)18(15(4)24)14(3)17(12)11-25-19-20-21-22-23(19)16-8-6-5-7-9-16/h10,16H,5-9,11H2,1-4H3. The molecule has 1 saturated carbocycles. The van der Waals surface area contributed by atoms with Crippen molar-refractivity contribution in [2.75, 3.05) is 0 Å². The number of nitrogens with zero attached hydrogens (tertiary/aromatic N) is 4. The van der Waals surface area contributed by atoms with Crippen LogP contribution in [0.15, 0.2) is 11.2 Å². The van der Waals surface area contributed by atoms with Crippen LogP contribution in [-0.4, -0.2) is 26.0 Å². The summed E-state index contributed by atoms with van der Waals surface area (Å²) in [5, 5.41) is 13.3. The fourth-order valence-electron chi connectivity index (χ4n) is 3.96. The third-order valence-corrected chi connectivity index (χ3v) is 6.17. The zero-order valence-corrected chi connectivity index (χ0v) is 16.3. The molecule has 0 saturated heterocycles. The number of thioether (sulfide) groups is 1. The molecule has 1 aliphatic carbocycles. The molecular formula is C19H26N4OS. The van der Waals surface area contributed by atoms with Crippen LogP contribution in [0.5, 0.6) is 0 Å². The van der Waals surface area contributed by atoms with E-state index in [4.69, 9.17) is 0 Å². The van der Waals surface area contributed by atoms with E-state index in [0.717, 1.165) is 40.4 Å². The molecular weight excluding hydrogens is 332 g/mol. The van der Waals surface area contributed by atoms with Gasteiger partial charge in [0.2, 0.25) is 5.16 Å². The second-order valence-corrected chi connectivity index (χ2v) is 7.97. The monoisotopic (exact) mass is 358 g/mol. The summed E-state index contributed by atoms with van der Waals surface area (Å²) < 4.78 is 2.01. The average molecular weight is 359 g/mol. The van der Waals surface area contributed by atoms with Crippen molar-refractivity contribution in [1.29, 1.82) is 0 Å². The Bertz CT molecular complexity index is 778. The van der Waals surface area contributed by atoms with Crippen molar-refractivity contribution in [3.05, 3.63) is 33.9 Å². The molecule has 1 aromatic carbocycles. The zero-order chi connectivity index (χ0) is 18.0. The Balaban J connectivity index is 1.82. The number of benzene rings is 1. The van der Waals surface area contributed by atoms with Crippen molar-refractivity contribution in [2.45, 2.75) is 76.8 Å². The number of aromatic nitrogens is 4. The van der Waals surface area contributed by atoms with Crippen molar-refractivity contribution in [3.8, 4) is 0 Å². The number of hydrogen-bond acceptors (Lipinski definition) is 5. The summed E-state index contributed by atoms with van der Waals surface area (Å²) in [6, 6.07) is 2.54. The Morgan fingerprint density at radius 1 is 1.20 bits per heavy atom. The van der Waals surface area contributed by atoms with Crippen molar-refractivity contribution in [3.63, 3.8) is 0 Å². The van der Waals surface area contributed by atoms with Crippen LogP contribution in [0.25, 0.3) is 0 Å². The second-order valence-electron chi connectivity index (χ2n) is 7.03. The number of Topliss-reactive ketones (excluding diaryl/α,β-unsaturated/α-hetero) is 1. The highest BCUT2D eigenvalue weighted by molar-refractivity contribution is 7.98. The first kappa shape index (κ1) is 18.1. The minimum Gasteiger partial charge on any atom is -0.294 e. The molecule has 1 aromatic heterocycles. The van der Waals surface area contributed by atoms with Gasteiger partial charge in [0.05, 0.1) is 6.04 Å². The first-order chi connectivity index (χ1) is 12.0. The smallest absolute Gasteiger partial charge is 0.209 e. The quantitative estimate of drug-likeness (QED) is 0.577. The van der Waals surface area contributed by atoms with Crippen molar-refractivity contribution < 1.29 is 4.79 Å². The molecule has 5 nitrogen and oxygen atoms in total. The van der Waals surface area contributed by atoms with E-state index in [0.29, 0.717) is 6.04 Å². The SMILES string of the molecule is CC(=O)c1c(C)cc(C)c(CSc2nnnn2C2CCCCC2)c1C. The lowest BCUT2D eigenvalue weighted by molar-refractivity contribution is 0.101. The van der Waals surface area contributed by atoms with Crippen LogP contribution < -0.4 is 0 Å². The predicted octanol–water partition coefficient (Wildman–Crippen LogP) is 4.60. The largest absolute Gasteiger partial charge is 0.294 e. The van der Waals surface area contributed by atoms with Gasteiger partial charge in [-0.1, -0.05) is 37.1 Å². The van der Waals surface area contributed by atoms with Gasteiger partial charge in [-0.15, -0.1) is 5.10 Å². The molecule has 2 aromatic rings. The highest BCUT2D eigenvalue weighted by atomic mass is 32.2. The van der Waals surface area contributed by atoms with Gasteiger partial charge in [-0.05, 0) is 73.2 Å². The van der Waals surface area contributed by atoms with E-state index >= 15 is 0 Å². The van der Waals surface area contributed by atoms with E-state index in [1.807, 2.05) is 11.6 Å². The highest BCUT2D eigenvalue weighted by Crippen LogP contribution is 2.33. The molecule has 0 atom stereocenters. The molecule has 0 aliphatic heterocycles. The number of rotatable bonds is 5. The number of carbonyl (C=O) groups excluding carboxylic acids is 1. The molecule has 25 heavy (non-hydrogen) atoms. The summed E-state index contributed by atoms with van der Waals surface area (Å²) in [6.45, 7) is 7.82. The third-order valence-electron chi connectivity index (χ3n) is 5.21. The summed E-state index contributed by atoms with van der Waals surface area (Å²) >= 11 is 1.67. The van der Waals surface area contributed by atoms with Crippen LogP contribution in [0, 0.1) is 20.8 Å². The second kappa shape index (κ2) is 7.68. The van der Waals surface area contributed by atoms with Gasteiger partial charge in [-0.3, -0.25) is 4.79 Å². The van der Waals surface area contributed by atoms with Crippen LogP contribution in [0.1, 0.15) is 77.7 Å². The van der Waals surface area contributed by atoms with Crippen LogP contribution in [0.3, 0.4) is 0 Å². The molecule has 0 unspecified atom stereocenters. The van der Waals surface area contributed by atoms with Gasteiger partial charge in [-0.25, -0.2) is 4.68 Å². The minimum atomic E-state index is 0.133. The van der Waals surface area contributed by atoms with Gasteiger partial charge in [0.1, 0.15) is 0 Å². The van der Waals surface area contributed by atoms with Crippen LogP contribution in [0.4, 0.5) is 0 Å². The fraction of sp³-hybridized carbons (Fsp3) is 0.579. The van der Waals surface area contributed by atoms with Gasteiger partial charge in [0.25, 0.3) is 0 Å². The summed E-state index contributed by atoms with van der Waals surface area (Å²) in [6.07, 6.45) is 6.15. The summed E-state index contributed by atoms with van der Waals surface area (Å²) in [5.74, 6) is 0.916. The summed E-state index contributed by atoms with van der Waals surface area (Å²) in [7, 11) is 0. The lowest BCUT2D eigenvalue weighted by Crippen LogP contribution is -2.15. The van der Waals surface area contributed by atoms with E-state index < -0.39 is 0 Å². The molecule has 1 heterocycles. The first-order valence-corrected chi connectivity index (χ1v) is 9.99. The molecule has 0 radical (unpaired) electrons. The van der Waals surface area contributed by atoms with Crippen molar-refractivity contribution in [2.24, 2.45) is 0 Å². The van der Waals surface area contributed by atoms with Crippen molar-refractivity contribution >= 4 is 17.5 Å². The number of carbonyl (C=O) groups is 1. The van der Waals surface area contributed by atoms with Gasteiger partial charge in [0, 0.05) is 11.3 Å². The van der Waals surface area contributed by atoms with E-state index in [9.17, 15) is 4.79 Å². The van der Waals surface area contributed by atoms with Crippen LogP contribution in [-0.2, 0) is 5.75 Å². The minimum absolute atomic E-state index is 0.133. The molecule has 0 amide bonds. The van der Waals surface area contributed by atoms with Gasteiger partial charge in [0.15, 0.2) is 5.78 Å². The number of ketones is 1. The van der Waals surface area contributed by atoms with E-state index in [-0.39, 0.29) is 5.78 Å². The third kappa shape index (κ3) is 3.78. The lowest BCUT2D eigenvalue weighted by atomic mass is 9.92. The van der Waals surface area contributed by atoms with Crippen LogP contribution >= 0.6 is 11.8 Å². The van der Waals surface area contributed by atoms with Gasteiger partial charge >= 0.3 is 0 Å². The molecule has 3 rings (SSSR count). The Morgan fingerprint density at radius 2 is 1.92 bits per heavy atom. The van der Waals surface area contributed by atoms with Gasteiger partial charge < -0.3 is 0 Å². The van der Waals surface area contributed by atoms with Gasteiger partial charge in [-0.2, -0.15) is 0 Å². The Hall–Kier alpha value is -1.69. The van der Waals surface area contributed by atoms with E-state index in [2.05, 4.69) is 35.4 Å². The van der Waals surface area contributed by atoms with E-state index in [1.54, 1.807) is 18.7 Å². The topological polar surface area (TPSA) is 60.7 Å². The molecule has 0 N–H and O–H groups in total. The van der Waals surface area contributed by atoms with E-state index in [1.165, 1.54) is 30.4 Å². The summed E-state index contributed by atoms with van der Waals surface area (Å²) in [4.78, 5) is 12.0. The molecule has 1 aliphatic rings. The first-order valence-electron chi connectivity index (χ1n) is 9.00. The maximum absolute atomic E-state index is 12.0. The number of aryl methyl sites for hydroxylation is 2. The zero-order valence-electron chi connectivity index (χ0n) is 15.5. The fourth-order valence-corrected chi connectivity index (χ4v) is 5.09. The lowest BCUT2D eigenvalue weighted by Gasteiger charge is -2.22. The Morgan fingerprint density at radius 3 is 2.60 bits per heavy atom. The Kier molecular flexibility index (Phi) is 5.57. The normalized spacial score (nSPS) is 15.5. The maximum atomic E-state index is 12.0. The molecule has 0 bridgehead atoms. The maximum Gasteiger partial charge on any atom is 0.209 e. The molecule has 134 valence electrons. The predicted molar refractivity (Wildman–Crippen MR) is 100 cm³/mol. The molecule has 1 fully saturated rings. The number of hydrogen-bond donors (Lipinski definition) is 0. The van der Waals surface area contributed by atoms with Crippen LogP contribution in [0.2, 0.25) is 0 Å². The molecule has 6 heteroatoms. The summed E-state index contributed by atoms with van der Waals surface area (Å²) in [5.41, 5.74) is 5.45. The number of tetrazole rings is 1. The molecule has 0 spiro atoms. The average Bonchev–Trinajstić information content (AvgIpc) is 3.03. The highest BCUT2D eigenvalue weighted by Gasteiger charge is 2.21. The van der Waals surface area contributed by atoms with Crippen molar-refractivity contribution in [1.82, 2.24) is 20.2 Å².